The number of para-hydroxylation sites is 1. The summed E-state index contributed by atoms with van der Waals surface area (Å²) in [5, 5.41) is 8.57. The van der Waals surface area contributed by atoms with Gasteiger partial charge >= 0.3 is 0 Å². The van der Waals surface area contributed by atoms with Crippen molar-refractivity contribution in [3.05, 3.63) is 131 Å². The summed E-state index contributed by atoms with van der Waals surface area (Å²) in [5.74, 6) is -1.80. The summed E-state index contributed by atoms with van der Waals surface area (Å²) in [6.07, 6.45) is 1.55. The summed E-state index contributed by atoms with van der Waals surface area (Å²) in [4.78, 5) is 39.0. The van der Waals surface area contributed by atoms with Crippen LogP contribution in [-0.2, 0) is 9.59 Å². The van der Waals surface area contributed by atoms with Gasteiger partial charge in [0, 0.05) is 21.2 Å². The predicted octanol–water partition coefficient (Wildman–Crippen LogP) is 6.62. The molecular formula is C30H23ClFN3O3S. The lowest BCUT2D eigenvalue weighted by molar-refractivity contribution is -0.114. The van der Waals surface area contributed by atoms with Crippen molar-refractivity contribution in [1.82, 2.24) is 5.32 Å². The molecule has 0 spiro atoms. The number of nitrogens with one attached hydrogen (secondary N) is 3. The minimum atomic E-state index is -0.534. The average Bonchev–Trinajstić information content (AvgIpc) is 2.94. The molecule has 4 aromatic carbocycles. The lowest BCUT2D eigenvalue weighted by Gasteiger charge is -2.12. The predicted molar refractivity (Wildman–Crippen MR) is 154 cm³/mol. The fraction of sp³-hybridized carbons (Fsp3) is 0.0333. The number of hydrogen-bond donors (Lipinski definition) is 3. The van der Waals surface area contributed by atoms with Gasteiger partial charge in [-0.1, -0.05) is 60.1 Å². The maximum absolute atomic E-state index is 13.8. The first kappa shape index (κ1) is 27.6. The zero-order valence-corrected chi connectivity index (χ0v) is 22.1. The van der Waals surface area contributed by atoms with Crippen LogP contribution in [0.4, 0.5) is 15.8 Å². The molecule has 0 aliphatic carbocycles. The molecular weight excluding hydrogens is 537 g/mol. The molecule has 0 unspecified atom stereocenters. The monoisotopic (exact) mass is 559 g/mol. The highest BCUT2D eigenvalue weighted by atomic mass is 35.5. The lowest BCUT2D eigenvalue weighted by atomic mass is 10.1. The molecule has 0 saturated carbocycles. The Bertz CT molecular complexity index is 1510. The summed E-state index contributed by atoms with van der Waals surface area (Å²) >= 11 is 7.21. The zero-order valence-electron chi connectivity index (χ0n) is 20.5. The maximum atomic E-state index is 13.8. The third kappa shape index (κ3) is 8.29. The zero-order chi connectivity index (χ0) is 27.6. The molecule has 39 heavy (non-hydrogen) atoms. The highest BCUT2D eigenvalue weighted by molar-refractivity contribution is 8.00. The standard InChI is InChI=1S/C30H23ClFN3O3S/c31-22-15-13-20(14-16-22)17-27(35-29(37)21-7-2-1-3-8-21)30(38)33-23-9-6-10-24(18-23)39-19-28(36)34-26-12-5-4-11-25(26)32/h1-18H,19H2,(H,33,38)(H,34,36)(H,35,37)/b27-17-. The van der Waals surface area contributed by atoms with E-state index in [0.29, 0.717) is 26.7 Å². The number of benzene rings is 4. The van der Waals surface area contributed by atoms with Crippen molar-refractivity contribution in [2.45, 2.75) is 4.90 Å². The molecule has 196 valence electrons. The Labute approximate surface area is 234 Å². The van der Waals surface area contributed by atoms with Gasteiger partial charge in [0.25, 0.3) is 11.8 Å². The van der Waals surface area contributed by atoms with Crippen molar-refractivity contribution in [3.8, 4) is 0 Å². The second-order valence-electron chi connectivity index (χ2n) is 8.23. The maximum Gasteiger partial charge on any atom is 0.272 e. The van der Waals surface area contributed by atoms with Crippen LogP contribution in [0, 0.1) is 5.82 Å². The van der Waals surface area contributed by atoms with Gasteiger partial charge in [-0.3, -0.25) is 14.4 Å². The second kappa shape index (κ2) is 13.4. The summed E-state index contributed by atoms with van der Waals surface area (Å²) in [6, 6.07) is 28.3. The van der Waals surface area contributed by atoms with Crippen molar-refractivity contribution in [2.75, 3.05) is 16.4 Å². The Morgan fingerprint density at radius 3 is 2.28 bits per heavy atom. The van der Waals surface area contributed by atoms with Gasteiger partial charge in [-0.2, -0.15) is 0 Å². The van der Waals surface area contributed by atoms with Crippen LogP contribution in [0.25, 0.3) is 6.08 Å². The third-order valence-electron chi connectivity index (χ3n) is 5.32. The number of amides is 3. The third-order valence-corrected chi connectivity index (χ3v) is 6.57. The van der Waals surface area contributed by atoms with Crippen LogP contribution in [0.1, 0.15) is 15.9 Å². The number of anilines is 2. The van der Waals surface area contributed by atoms with E-state index in [9.17, 15) is 18.8 Å². The first-order valence-electron chi connectivity index (χ1n) is 11.8. The Morgan fingerprint density at radius 2 is 1.54 bits per heavy atom. The molecule has 0 radical (unpaired) electrons. The van der Waals surface area contributed by atoms with Crippen LogP contribution < -0.4 is 16.0 Å². The summed E-state index contributed by atoms with van der Waals surface area (Å²) in [5.41, 5.74) is 1.69. The number of carbonyl (C=O) groups is 3. The van der Waals surface area contributed by atoms with Crippen LogP contribution >= 0.6 is 23.4 Å². The van der Waals surface area contributed by atoms with Gasteiger partial charge in [-0.15, -0.1) is 11.8 Å². The van der Waals surface area contributed by atoms with Gasteiger partial charge in [0.05, 0.1) is 11.4 Å². The lowest BCUT2D eigenvalue weighted by Crippen LogP contribution is -2.30. The van der Waals surface area contributed by atoms with E-state index in [1.807, 2.05) is 0 Å². The SMILES string of the molecule is O=C(CSc1cccc(NC(=O)/C(=C/c2ccc(Cl)cc2)NC(=O)c2ccccc2)c1)Nc1ccccc1F. The van der Waals surface area contributed by atoms with E-state index >= 15 is 0 Å². The van der Waals surface area contributed by atoms with E-state index in [4.69, 9.17) is 11.6 Å². The largest absolute Gasteiger partial charge is 0.323 e. The van der Waals surface area contributed by atoms with Crippen molar-refractivity contribution in [1.29, 1.82) is 0 Å². The number of rotatable bonds is 9. The summed E-state index contributed by atoms with van der Waals surface area (Å²) < 4.78 is 13.8. The van der Waals surface area contributed by atoms with Crippen molar-refractivity contribution >= 4 is 58.5 Å². The Morgan fingerprint density at radius 1 is 0.821 bits per heavy atom. The van der Waals surface area contributed by atoms with Gasteiger partial charge in [0.1, 0.15) is 11.5 Å². The Kier molecular flexibility index (Phi) is 9.50. The first-order valence-corrected chi connectivity index (χ1v) is 13.2. The quantitative estimate of drug-likeness (QED) is 0.159. The molecule has 0 fully saturated rings. The fourth-order valence-corrected chi connectivity index (χ4v) is 4.31. The van der Waals surface area contributed by atoms with Crippen LogP contribution in [0.3, 0.4) is 0 Å². The number of thioether (sulfide) groups is 1. The summed E-state index contributed by atoms with van der Waals surface area (Å²) in [6.45, 7) is 0. The molecule has 0 saturated heterocycles. The molecule has 0 heterocycles. The van der Waals surface area contributed by atoms with Gasteiger partial charge in [0.2, 0.25) is 5.91 Å². The topological polar surface area (TPSA) is 87.3 Å². The van der Waals surface area contributed by atoms with Crippen molar-refractivity contribution in [2.24, 2.45) is 0 Å². The van der Waals surface area contributed by atoms with Gasteiger partial charge < -0.3 is 16.0 Å². The van der Waals surface area contributed by atoms with Gasteiger partial charge in [-0.05, 0) is 66.2 Å². The number of carbonyl (C=O) groups excluding carboxylic acids is 3. The van der Waals surface area contributed by atoms with Crippen LogP contribution in [0.5, 0.6) is 0 Å². The highest BCUT2D eigenvalue weighted by Gasteiger charge is 2.15. The minimum Gasteiger partial charge on any atom is -0.323 e. The number of halogens is 2. The fourth-order valence-electron chi connectivity index (χ4n) is 3.43. The molecule has 0 aliphatic rings. The van der Waals surface area contributed by atoms with E-state index in [-0.39, 0.29) is 23.0 Å². The molecule has 3 N–H and O–H groups in total. The molecule has 3 amide bonds. The highest BCUT2D eigenvalue weighted by Crippen LogP contribution is 2.23. The molecule has 0 bridgehead atoms. The molecule has 0 aliphatic heterocycles. The average molecular weight is 560 g/mol. The Balaban J connectivity index is 1.45. The number of hydrogen-bond acceptors (Lipinski definition) is 4. The van der Waals surface area contributed by atoms with Crippen molar-refractivity contribution < 1.29 is 18.8 Å². The van der Waals surface area contributed by atoms with Crippen molar-refractivity contribution in [3.63, 3.8) is 0 Å². The van der Waals surface area contributed by atoms with Gasteiger partial charge in [-0.25, -0.2) is 4.39 Å². The van der Waals surface area contributed by atoms with E-state index < -0.39 is 17.6 Å². The van der Waals surface area contributed by atoms with E-state index in [0.717, 1.165) is 0 Å². The van der Waals surface area contributed by atoms with E-state index in [1.54, 1.807) is 97.1 Å². The van der Waals surface area contributed by atoms with Crippen LogP contribution in [-0.4, -0.2) is 23.5 Å². The molecule has 4 aromatic rings. The van der Waals surface area contributed by atoms with E-state index in [1.165, 1.54) is 23.9 Å². The molecule has 0 atom stereocenters. The molecule has 0 aromatic heterocycles. The minimum absolute atomic E-state index is 0.0356. The first-order chi connectivity index (χ1) is 18.9. The normalized spacial score (nSPS) is 11.0. The Hall–Kier alpha value is -4.40. The second-order valence-corrected chi connectivity index (χ2v) is 9.71. The smallest absolute Gasteiger partial charge is 0.272 e. The van der Waals surface area contributed by atoms with Crippen LogP contribution in [0.15, 0.2) is 114 Å². The van der Waals surface area contributed by atoms with Gasteiger partial charge in [0.15, 0.2) is 0 Å². The van der Waals surface area contributed by atoms with Crippen LogP contribution in [0.2, 0.25) is 5.02 Å². The molecule has 4 rings (SSSR count). The summed E-state index contributed by atoms with van der Waals surface area (Å²) in [7, 11) is 0. The van der Waals surface area contributed by atoms with E-state index in [2.05, 4.69) is 16.0 Å². The molecule has 6 nitrogen and oxygen atoms in total. The molecule has 9 heteroatoms.